The highest BCUT2D eigenvalue weighted by Gasteiger charge is 2.61. The summed E-state index contributed by atoms with van der Waals surface area (Å²) in [5.41, 5.74) is 1.59. The summed E-state index contributed by atoms with van der Waals surface area (Å²) in [6, 6.07) is 5.38. The van der Waals surface area contributed by atoms with Gasteiger partial charge in [0.25, 0.3) is 0 Å². The van der Waals surface area contributed by atoms with E-state index >= 15 is 0 Å². The van der Waals surface area contributed by atoms with Crippen LogP contribution in [0.25, 0.3) is 0 Å². The Balaban J connectivity index is 1.79. The average Bonchev–Trinajstić information content (AvgIpc) is 3.08. The van der Waals surface area contributed by atoms with Crippen LogP contribution < -0.4 is 4.90 Å². The van der Waals surface area contributed by atoms with Gasteiger partial charge in [0.05, 0.1) is 17.5 Å². The van der Waals surface area contributed by atoms with Crippen LogP contribution >= 0.6 is 11.6 Å². The fraction of sp³-hybridized carbons (Fsp3) is 0.500. The summed E-state index contributed by atoms with van der Waals surface area (Å²) in [6.07, 6.45) is 3.27. The van der Waals surface area contributed by atoms with Crippen molar-refractivity contribution < 1.29 is 9.59 Å². The number of nitrogens with zero attached hydrogens (tertiary/aromatic N) is 1. The lowest BCUT2D eigenvalue weighted by molar-refractivity contribution is -0.123. The van der Waals surface area contributed by atoms with Crippen molar-refractivity contribution in [3.05, 3.63) is 28.8 Å². The van der Waals surface area contributed by atoms with Crippen molar-refractivity contribution in [2.75, 3.05) is 4.90 Å². The van der Waals surface area contributed by atoms with E-state index in [0.29, 0.717) is 22.5 Å². The van der Waals surface area contributed by atoms with Gasteiger partial charge in [-0.15, -0.1) is 0 Å². The third-order valence-electron chi connectivity index (χ3n) is 5.34. The lowest BCUT2D eigenvalue weighted by atomic mass is 9.81. The second-order valence-corrected chi connectivity index (χ2v) is 6.76. The van der Waals surface area contributed by atoms with Crippen LogP contribution in [0, 0.1) is 30.6 Å². The number of anilines is 1. The topological polar surface area (TPSA) is 37.4 Å². The zero-order chi connectivity index (χ0) is 14.0. The third-order valence-corrected chi connectivity index (χ3v) is 5.57. The molecule has 3 aliphatic rings. The van der Waals surface area contributed by atoms with E-state index in [4.69, 9.17) is 11.6 Å². The minimum absolute atomic E-state index is 0.00225. The molecular formula is C16H16ClNO2. The molecule has 0 radical (unpaired) electrons. The normalized spacial score (nSPS) is 35.0. The van der Waals surface area contributed by atoms with E-state index in [1.165, 1.54) is 4.90 Å². The summed E-state index contributed by atoms with van der Waals surface area (Å²) in [7, 11) is 0. The molecule has 0 unspecified atom stereocenters. The molecule has 104 valence electrons. The lowest BCUT2D eigenvalue weighted by Gasteiger charge is -2.19. The van der Waals surface area contributed by atoms with Crippen LogP contribution in [0.4, 0.5) is 5.69 Å². The Morgan fingerprint density at radius 2 is 1.70 bits per heavy atom. The van der Waals surface area contributed by atoms with E-state index in [2.05, 4.69) is 0 Å². The summed E-state index contributed by atoms with van der Waals surface area (Å²) in [6.45, 7) is 1.91. The molecule has 4 heteroatoms. The molecule has 1 heterocycles. The van der Waals surface area contributed by atoms with Crippen LogP contribution in [0.15, 0.2) is 18.2 Å². The number of aryl methyl sites for hydroxylation is 1. The van der Waals surface area contributed by atoms with Crippen LogP contribution in [0.1, 0.15) is 24.8 Å². The van der Waals surface area contributed by atoms with E-state index in [-0.39, 0.29) is 23.7 Å². The highest BCUT2D eigenvalue weighted by molar-refractivity contribution is 6.31. The highest BCUT2D eigenvalue weighted by Crippen LogP contribution is 2.56. The predicted octanol–water partition coefficient (Wildman–Crippen LogP) is 3.18. The van der Waals surface area contributed by atoms with Crippen LogP contribution in [-0.2, 0) is 9.59 Å². The van der Waals surface area contributed by atoms with Gasteiger partial charge in [0.1, 0.15) is 0 Å². The Bertz CT molecular complexity index is 599. The number of carbonyl (C=O) groups excluding carboxylic acids is 2. The number of imide groups is 1. The second-order valence-electron chi connectivity index (χ2n) is 6.33. The van der Waals surface area contributed by atoms with Gasteiger partial charge in [-0.25, -0.2) is 4.90 Å². The molecule has 4 rings (SSSR count). The van der Waals surface area contributed by atoms with E-state index in [1.807, 2.05) is 13.0 Å². The summed E-state index contributed by atoms with van der Waals surface area (Å²) in [5, 5.41) is 0.561. The van der Waals surface area contributed by atoms with Crippen molar-refractivity contribution in [3.63, 3.8) is 0 Å². The average molecular weight is 290 g/mol. The molecule has 2 amide bonds. The molecule has 0 spiro atoms. The standard InChI is InChI=1S/C16H16ClNO2/c1-8-2-5-11(17)7-12(8)18-15(19)13-9-3-4-10(6-9)14(13)16(18)20/h2,5,7,9-10,13-14H,3-4,6H2,1H3/t9-,10-,13-,14+/m0/s1. The summed E-state index contributed by atoms with van der Waals surface area (Å²) < 4.78 is 0. The van der Waals surface area contributed by atoms with E-state index in [1.54, 1.807) is 12.1 Å². The van der Waals surface area contributed by atoms with Crippen molar-refractivity contribution in [2.45, 2.75) is 26.2 Å². The van der Waals surface area contributed by atoms with Gasteiger partial charge >= 0.3 is 0 Å². The fourth-order valence-electron chi connectivity index (χ4n) is 4.47. The number of amides is 2. The van der Waals surface area contributed by atoms with Crippen LogP contribution in [-0.4, -0.2) is 11.8 Å². The highest BCUT2D eigenvalue weighted by atomic mass is 35.5. The van der Waals surface area contributed by atoms with Crippen LogP contribution in [0.2, 0.25) is 5.02 Å². The van der Waals surface area contributed by atoms with Crippen molar-refractivity contribution in [3.8, 4) is 0 Å². The second kappa shape index (κ2) is 4.08. The first-order valence-electron chi connectivity index (χ1n) is 7.22. The van der Waals surface area contributed by atoms with E-state index in [0.717, 1.165) is 24.8 Å². The number of benzene rings is 1. The van der Waals surface area contributed by atoms with Crippen LogP contribution in [0.3, 0.4) is 0 Å². The Hall–Kier alpha value is -1.35. The number of rotatable bonds is 1. The predicted molar refractivity (Wildman–Crippen MR) is 76.5 cm³/mol. The SMILES string of the molecule is Cc1ccc(Cl)cc1N1C(=O)[C@@H]2[C@H]3CC[C@@H](C3)[C@@H]2C1=O. The van der Waals surface area contributed by atoms with E-state index in [9.17, 15) is 9.59 Å². The van der Waals surface area contributed by atoms with Gasteiger partial charge in [0.15, 0.2) is 0 Å². The molecule has 1 saturated heterocycles. The van der Waals surface area contributed by atoms with Gasteiger partial charge in [-0.2, -0.15) is 0 Å². The number of hydrogen-bond donors (Lipinski definition) is 0. The van der Waals surface area contributed by atoms with Gasteiger partial charge in [0.2, 0.25) is 11.8 Å². The van der Waals surface area contributed by atoms with Crippen molar-refractivity contribution >= 4 is 29.1 Å². The third kappa shape index (κ3) is 1.47. The maximum atomic E-state index is 12.7. The minimum atomic E-state index is -0.0698. The molecule has 0 N–H and O–H groups in total. The molecule has 3 fully saturated rings. The minimum Gasteiger partial charge on any atom is -0.274 e. The molecule has 1 aromatic rings. The van der Waals surface area contributed by atoms with Gasteiger partial charge in [-0.05, 0) is 55.7 Å². The molecule has 20 heavy (non-hydrogen) atoms. The van der Waals surface area contributed by atoms with Crippen molar-refractivity contribution in [2.24, 2.45) is 23.7 Å². The molecule has 1 aromatic carbocycles. The first kappa shape index (κ1) is 12.4. The quantitative estimate of drug-likeness (QED) is 0.745. The zero-order valence-electron chi connectivity index (χ0n) is 11.3. The molecule has 2 bridgehead atoms. The fourth-order valence-corrected chi connectivity index (χ4v) is 4.64. The van der Waals surface area contributed by atoms with Crippen molar-refractivity contribution in [1.29, 1.82) is 0 Å². The maximum Gasteiger partial charge on any atom is 0.237 e. The van der Waals surface area contributed by atoms with E-state index < -0.39 is 0 Å². The summed E-state index contributed by atoms with van der Waals surface area (Å²) in [5.74, 6) is 0.700. The maximum absolute atomic E-state index is 12.7. The zero-order valence-corrected chi connectivity index (χ0v) is 12.1. The molecule has 1 aliphatic heterocycles. The Morgan fingerprint density at radius 1 is 1.10 bits per heavy atom. The molecule has 2 aliphatic carbocycles. The first-order chi connectivity index (χ1) is 9.58. The smallest absolute Gasteiger partial charge is 0.237 e. The number of fused-ring (bicyclic) bond motifs is 5. The summed E-state index contributed by atoms with van der Waals surface area (Å²) in [4.78, 5) is 26.8. The Labute approximate surface area is 122 Å². The molecular weight excluding hydrogens is 274 g/mol. The van der Waals surface area contributed by atoms with Crippen LogP contribution in [0.5, 0.6) is 0 Å². The number of hydrogen-bond acceptors (Lipinski definition) is 2. The largest absolute Gasteiger partial charge is 0.274 e. The van der Waals surface area contributed by atoms with Gasteiger partial charge in [-0.1, -0.05) is 17.7 Å². The molecule has 0 aromatic heterocycles. The molecule has 3 nitrogen and oxygen atoms in total. The Morgan fingerprint density at radius 3 is 2.30 bits per heavy atom. The first-order valence-corrected chi connectivity index (χ1v) is 7.59. The van der Waals surface area contributed by atoms with Crippen molar-refractivity contribution in [1.82, 2.24) is 0 Å². The van der Waals surface area contributed by atoms with Gasteiger partial charge in [-0.3, -0.25) is 9.59 Å². The Kier molecular flexibility index (Phi) is 2.53. The molecule has 2 saturated carbocycles. The monoisotopic (exact) mass is 289 g/mol. The molecule has 4 atom stereocenters. The lowest BCUT2D eigenvalue weighted by Crippen LogP contribution is -2.33. The summed E-state index contributed by atoms with van der Waals surface area (Å²) >= 11 is 6.03. The van der Waals surface area contributed by atoms with Gasteiger partial charge in [0, 0.05) is 5.02 Å². The number of halogens is 1. The van der Waals surface area contributed by atoms with Gasteiger partial charge < -0.3 is 0 Å². The number of carbonyl (C=O) groups is 2.